The van der Waals surface area contributed by atoms with E-state index in [1.165, 1.54) is 0 Å². The molecule has 0 heterocycles. The number of hydrogen-bond acceptors (Lipinski definition) is 3. The number of benzene rings is 2. The van der Waals surface area contributed by atoms with Crippen LogP contribution in [0.25, 0.3) is 0 Å². The first-order valence-electron chi connectivity index (χ1n) is 8.15. The van der Waals surface area contributed by atoms with Gasteiger partial charge in [-0.1, -0.05) is 30.4 Å². The summed E-state index contributed by atoms with van der Waals surface area (Å²) in [5, 5.41) is 12.1. The molecule has 128 valence electrons. The van der Waals surface area contributed by atoms with Crippen molar-refractivity contribution in [2.45, 2.75) is 12.8 Å². The first-order chi connectivity index (χ1) is 12.1. The number of carboxylic acids is 1. The lowest BCUT2D eigenvalue weighted by Crippen LogP contribution is -2.34. The van der Waals surface area contributed by atoms with Gasteiger partial charge in [-0.05, 0) is 49.2 Å². The predicted molar refractivity (Wildman–Crippen MR) is 94.6 cm³/mol. The number of carbonyl (C=O) groups is 2. The second-order valence-corrected chi connectivity index (χ2v) is 5.92. The number of carbonyl (C=O) groups excluding carboxylic acids is 1. The summed E-state index contributed by atoms with van der Waals surface area (Å²) in [4.78, 5) is 23.7. The van der Waals surface area contributed by atoms with Crippen LogP contribution in [0.4, 0.5) is 5.69 Å². The molecule has 1 aliphatic rings. The first-order valence-corrected chi connectivity index (χ1v) is 8.15. The van der Waals surface area contributed by atoms with E-state index in [1.54, 1.807) is 24.3 Å². The molecule has 0 bridgehead atoms. The van der Waals surface area contributed by atoms with Crippen molar-refractivity contribution in [1.82, 2.24) is 0 Å². The van der Waals surface area contributed by atoms with Crippen LogP contribution in [0, 0.1) is 11.8 Å². The SMILES string of the molecule is O=C(O)C1CC=CCC1C(=O)Nc1ccc(Oc2ccccc2)cc1. The maximum Gasteiger partial charge on any atom is 0.307 e. The zero-order valence-electron chi connectivity index (χ0n) is 13.6. The third-order valence-corrected chi connectivity index (χ3v) is 4.19. The fourth-order valence-corrected chi connectivity index (χ4v) is 2.84. The van der Waals surface area contributed by atoms with E-state index in [9.17, 15) is 14.7 Å². The molecule has 3 rings (SSSR count). The highest BCUT2D eigenvalue weighted by Crippen LogP contribution is 2.28. The molecular weight excluding hydrogens is 318 g/mol. The summed E-state index contributed by atoms with van der Waals surface area (Å²) in [5.41, 5.74) is 0.615. The van der Waals surface area contributed by atoms with E-state index in [2.05, 4.69) is 5.32 Å². The zero-order valence-corrected chi connectivity index (χ0v) is 13.6. The van der Waals surface area contributed by atoms with E-state index >= 15 is 0 Å². The fraction of sp³-hybridized carbons (Fsp3) is 0.200. The number of nitrogens with one attached hydrogen (secondary N) is 1. The van der Waals surface area contributed by atoms with Crippen molar-refractivity contribution < 1.29 is 19.4 Å². The van der Waals surface area contributed by atoms with Crippen molar-refractivity contribution in [3.05, 3.63) is 66.7 Å². The Balaban J connectivity index is 1.63. The second kappa shape index (κ2) is 7.66. The van der Waals surface area contributed by atoms with E-state index in [0.717, 1.165) is 5.75 Å². The largest absolute Gasteiger partial charge is 0.481 e. The van der Waals surface area contributed by atoms with Crippen LogP contribution >= 0.6 is 0 Å². The number of ether oxygens (including phenoxy) is 1. The molecule has 2 atom stereocenters. The minimum atomic E-state index is -0.934. The van der Waals surface area contributed by atoms with Gasteiger partial charge in [0.15, 0.2) is 0 Å². The molecule has 0 saturated carbocycles. The van der Waals surface area contributed by atoms with E-state index < -0.39 is 17.8 Å². The molecule has 5 nitrogen and oxygen atoms in total. The van der Waals surface area contributed by atoms with E-state index in [1.807, 2.05) is 42.5 Å². The Bertz CT molecular complexity index is 768. The summed E-state index contributed by atoms with van der Waals surface area (Å²) in [6, 6.07) is 16.4. The van der Waals surface area contributed by atoms with Gasteiger partial charge in [0, 0.05) is 5.69 Å². The van der Waals surface area contributed by atoms with E-state index in [4.69, 9.17) is 4.74 Å². The third kappa shape index (κ3) is 4.26. The molecular formula is C20H19NO4. The van der Waals surface area contributed by atoms with Gasteiger partial charge in [0.2, 0.25) is 5.91 Å². The number of rotatable bonds is 5. The molecule has 0 fully saturated rings. The van der Waals surface area contributed by atoms with Crippen molar-refractivity contribution in [3.8, 4) is 11.5 Å². The number of hydrogen-bond donors (Lipinski definition) is 2. The summed E-state index contributed by atoms with van der Waals surface area (Å²) >= 11 is 0. The molecule has 2 N–H and O–H groups in total. The first kappa shape index (κ1) is 16.8. The lowest BCUT2D eigenvalue weighted by molar-refractivity contribution is -0.146. The normalized spacial score (nSPS) is 19.2. The van der Waals surface area contributed by atoms with E-state index in [-0.39, 0.29) is 5.91 Å². The molecule has 2 aromatic carbocycles. The van der Waals surface area contributed by atoms with Crippen molar-refractivity contribution in [1.29, 1.82) is 0 Å². The summed E-state index contributed by atoms with van der Waals surface area (Å²) in [6.45, 7) is 0. The molecule has 1 amide bonds. The molecule has 0 radical (unpaired) electrons. The Kier molecular flexibility index (Phi) is 5.14. The number of amides is 1. The zero-order chi connectivity index (χ0) is 17.6. The van der Waals surface area contributed by atoms with Gasteiger partial charge in [-0.25, -0.2) is 0 Å². The number of carboxylic acid groups (broad SMARTS) is 1. The Morgan fingerprint density at radius 1 is 0.880 bits per heavy atom. The van der Waals surface area contributed by atoms with Gasteiger partial charge in [0.25, 0.3) is 0 Å². The number of aliphatic carboxylic acids is 1. The third-order valence-electron chi connectivity index (χ3n) is 4.19. The molecule has 0 aromatic heterocycles. The van der Waals surface area contributed by atoms with Gasteiger partial charge in [0.05, 0.1) is 11.8 Å². The topological polar surface area (TPSA) is 75.6 Å². The predicted octanol–water partition coefficient (Wildman–Crippen LogP) is 4.08. The van der Waals surface area contributed by atoms with Crippen LogP contribution in [-0.2, 0) is 9.59 Å². The minimum Gasteiger partial charge on any atom is -0.481 e. The smallest absolute Gasteiger partial charge is 0.307 e. The molecule has 0 saturated heterocycles. The van der Waals surface area contributed by atoms with Crippen molar-refractivity contribution in [2.75, 3.05) is 5.32 Å². The lowest BCUT2D eigenvalue weighted by Gasteiger charge is -2.24. The maximum absolute atomic E-state index is 12.4. The summed E-state index contributed by atoms with van der Waals surface area (Å²) in [5.74, 6) is -1.04. The van der Waals surface area contributed by atoms with Gasteiger partial charge in [-0.15, -0.1) is 0 Å². The van der Waals surface area contributed by atoms with Gasteiger partial charge < -0.3 is 15.2 Å². The molecule has 5 heteroatoms. The van der Waals surface area contributed by atoms with Gasteiger partial charge >= 0.3 is 5.97 Å². The monoisotopic (exact) mass is 337 g/mol. The Morgan fingerprint density at radius 2 is 1.48 bits per heavy atom. The number of para-hydroxylation sites is 1. The quantitative estimate of drug-likeness (QED) is 0.806. The Hall–Kier alpha value is -3.08. The highest BCUT2D eigenvalue weighted by molar-refractivity contribution is 5.95. The van der Waals surface area contributed by atoms with Crippen LogP contribution in [0.5, 0.6) is 11.5 Å². The Labute approximate surface area is 145 Å². The maximum atomic E-state index is 12.4. The van der Waals surface area contributed by atoms with Crippen molar-refractivity contribution >= 4 is 17.6 Å². The minimum absolute atomic E-state index is 0.270. The van der Waals surface area contributed by atoms with Crippen LogP contribution in [-0.4, -0.2) is 17.0 Å². The number of anilines is 1. The van der Waals surface area contributed by atoms with Gasteiger partial charge in [0.1, 0.15) is 11.5 Å². The highest BCUT2D eigenvalue weighted by atomic mass is 16.5. The molecule has 0 aliphatic heterocycles. The van der Waals surface area contributed by atoms with Crippen LogP contribution in [0.2, 0.25) is 0 Å². The molecule has 2 unspecified atom stereocenters. The van der Waals surface area contributed by atoms with Gasteiger partial charge in [-0.3, -0.25) is 9.59 Å². The van der Waals surface area contributed by atoms with Gasteiger partial charge in [-0.2, -0.15) is 0 Å². The molecule has 0 spiro atoms. The van der Waals surface area contributed by atoms with Crippen LogP contribution in [0.1, 0.15) is 12.8 Å². The lowest BCUT2D eigenvalue weighted by atomic mass is 9.82. The molecule has 25 heavy (non-hydrogen) atoms. The van der Waals surface area contributed by atoms with Crippen molar-refractivity contribution in [2.24, 2.45) is 11.8 Å². The van der Waals surface area contributed by atoms with Crippen LogP contribution in [0.3, 0.4) is 0 Å². The summed E-state index contributed by atoms with van der Waals surface area (Å²) in [7, 11) is 0. The second-order valence-electron chi connectivity index (χ2n) is 5.92. The van der Waals surface area contributed by atoms with Crippen LogP contribution < -0.4 is 10.1 Å². The van der Waals surface area contributed by atoms with Crippen molar-refractivity contribution in [3.63, 3.8) is 0 Å². The summed E-state index contributed by atoms with van der Waals surface area (Å²) in [6.07, 6.45) is 4.51. The Morgan fingerprint density at radius 3 is 2.12 bits per heavy atom. The molecule has 2 aromatic rings. The van der Waals surface area contributed by atoms with E-state index in [0.29, 0.717) is 24.3 Å². The summed E-state index contributed by atoms with van der Waals surface area (Å²) < 4.78 is 5.70. The average Bonchev–Trinajstić information content (AvgIpc) is 2.64. The average molecular weight is 337 g/mol. The number of allylic oxidation sites excluding steroid dienone is 2. The fourth-order valence-electron chi connectivity index (χ4n) is 2.84. The van der Waals surface area contributed by atoms with Crippen LogP contribution in [0.15, 0.2) is 66.7 Å². The standard InChI is InChI=1S/C20H19NO4/c22-19(17-8-4-5-9-18(17)20(23)24)21-14-10-12-16(13-11-14)25-15-6-2-1-3-7-15/h1-7,10-13,17-18H,8-9H2,(H,21,22)(H,23,24). The highest BCUT2D eigenvalue weighted by Gasteiger charge is 2.33. The molecule has 1 aliphatic carbocycles.